The fourth-order valence-corrected chi connectivity index (χ4v) is 2.22. The highest BCUT2D eigenvalue weighted by Gasteiger charge is 2.22. The van der Waals surface area contributed by atoms with Crippen molar-refractivity contribution in [2.75, 3.05) is 27.2 Å². The smallest absolute Gasteiger partial charge is 0.0220 e. The Labute approximate surface area is 90.1 Å². The summed E-state index contributed by atoms with van der Waals surface area (Å²) in [5.41, 5.74) is 0. The maximum atomic E-state index is 3.43. The van der Waals surface area contributed by atoms with Crippen molar-refractivity contribution in [1.82, 2.24) is 10.2 Å². The molecule has 86 valence electrons. The highest BCUT2D eigenvalue weighted by atomic mass is 15.1. The van der Waals surface area contributed by atoms with Crippen LogP contribution in [0.25, 0.3) is 0 Å². The predicted octanol–water partition coefficient (Wildman–Crippen LogP) is 2.35. The van der Waals surface area contributed by atoms with E-state index in [9.17, 15) is 0 Å². The van der Waals surface area contributed by atoms with E-state index in [1.165, 1.54) is 32.4 Å². The Morgan fingerprint density at radius 1 is 1.36 bits per heavy atom. The standard InChI is InChI=1S/C10H22N2.C2H6/c1-4-9-6-5-7-12(3)8-10(9)11-2;1-2/h9-11H,4-8H2,1-3H3;1-2H3. The van der Waals surface area contributed by atoms with Gasteiger partial charge in [-0.3, -0.25) is 0 Å². The molecule has 0 aromatic rings. The summed E-state index contributed by atoms with van der Waals surface area (Å²) in [7, 11) is 4.31. The fraction of sp³-hybridized carbons (Fsp3) is 1.00. The van der Waals surface area contributed by atoms with Gasteiger partial charge in [-0.1, -0.05) is 27.2 Å². The van der Waals surface area contributed by atoms with Crippen molar-refractivity contribution >= 4 is 0 Å². The first kappa shape index (κ1) is 13.9. The minimum Gasteiger partial charge on any atom is -0.315 e. The zero-order valence-corrected chi connectivity index (χ0v) is 10.6. The number of likely N-dealkylation sites (tertiary alicyclic amines) is 1. The molecule has 1 aliphatic heterocycles. The van der Waals surface area contributed by atoms with Gasteiger partial charge in [-0.25, -0.2) is 0 Å². The van der Waals surface area contributed by atoms with Crippen molar-refractivity contribution in [3.8, 4) is 0 Å². The molecule has 0 bridgehead atoms. The maximum absolute atomic E-state index is 3.43. The van der Waals surface area contributed by atoms with Gasteiger partial charge in [-0.15, -0.1) is 0 Å². The van der Waals surface area contributed by atoms with Gasteiger partial charge in [0.05, 0.1) is 0 Å². The van der Waals surface area contributed by atoms with E-state index >= 15 is 0 Å². The minimum atomic E-state index is 0.711. The zero-order valence-electron chi connectivity index (χ0n) is 10.6. The molecule has 0 saturated carbocycles. The molecule has 14 heavy (non-hydrogen) atoms. The van der Waals surface area contributed by atoms with Gasteiger partial charge in [0.2, 0.25) is 0 Å². The van der Waals surface area contributed by atoms with Gasteiger partial charge < -0.3 is 10.2 Å². The van der Waals surface area contributed by atoms with Gasteiger partial charge in [0.15, 0.2) is 0 Å². The molecule has 0 amide bonds. The highest BCUT2D eigenvalue weighted by Crippen LogP contribution is 2.19. The molecule has 1 heterocycles. The van der Waals surface area contributed by atoms with Gasteiger partial charge in [0.1, 0.15) is 0 Å². The van der Waals surface area contributed by atoms with Gasteiger partial charge in [-0.05, 0) is 39.4 Å². The highest BCUT2D eigenvalue weighted by molar-refractivity contribution is 4.80. The molecule has 0 radical (unpaired) electrons. The van der Waals surface area contributed by atoms with Crippen molar-refractivity contribution in [3.05, 3.63) is 0 Å². The molecule has 0 aliphatic carbocycles. The summed E-state index contributed by atoms with van der Waals surface area (Å²) in [5.74, 6) is 0.889. The van der Waals surface area contributed by atoms with Crippen LogP contribution in [0.5, 0.6) is 0 Å². The predicted molar refractivity (Wildman–Crippen MR) is 64.7 cm³/mol. The molecule has 2 atom stereocenters. The molecule has 0 aromatic heterocycles. The second-order valence-electron chi connectivity index (χ2n) is 3.97. The lowest BCUT2D eigenvalue weighted by Crippen LogP contribution is -2.40. The summed E-state index contributed by atoms with van der Waals surface area (Å²) in [6, 6.07) is 0.711. The van der Waals surface area contributed by atoms with Crippen molar-refractivity contribution < 1.29 is 0 Å². The van der Waals surface area contributed by atoms with Crippen molar-refractivity contribution in [3.63, 3.8) is 0 Å². The molecule has 1 aliphatic rings. The largest absolute Gasteiger partial charge is 0.315 e. The van der Waals surface area contributed by atoms with Crippen LogP contribution in [0.4, 0.5) is 0 Å². The topological polar surface area (TPSA) is 15.3 Å². The number of nitrogens with zero attached hydrogens (tertiary/aromatic N) is 1. The average molecular weight is 200 g/mol. The van der Waals surface area contributed by atoms with Crippen LogP contribution < -0.4 is 5.32 Å². The van der Waals surface area contributed by atoms with E-state index < -0.39 is 0 Å². The summed E-state index contributed by atoms with van der Waals surface area (Å²) in [5, 5.41) is 3.43. The summed E-state index contributed by atoms with van der Waals surface area (Å²) in [4.78, 5) is 2.44. The van der Waals surface area contributed by atoms with E-state index in [0.717, 1.165) is 5.92 Å². The number of hydrogen-bond donors (Lipinski definition) is 1. The Morgan fingerprint density at radius 3 is 2.50 bits per heavy atom. The molecule has 0 aromatic carbocycles. The lowest BCUT2D eigenvalue weighted by Gasteiger charge is -2.25. The second kappa shape index (κ2) is 8.25. The molecule has 1 rings (SSSR count). The Bertz CT molecular complexity index is 125. The molecule has 1 fully saturated rings. The number of rotatable bonds is 2. The van der Waals surface area contributed by atoms with E-state index in [1.807, 2.05) is 13.8 Å². The van der Waals surface area contributed by atoms with Gasteiger partial charge in [0, 0.05) is 12.6 Å². The first-order chi connectivity index (χ1) is 6.77. The Kier molecular flexibility index (Phi) is 8.20. The zero-order chi connectivity index (χ0) is 11.0. The normalized spacial score (nSPS) is 28.9. The van der Waals surface area contributed by atoms with E-state index in [0.29, 0.717) is 6.04 Å². The molecule has 2 heteroatoms. The summed E-state index contributed by atoms with van der Waals surface area (Å²) in [6.45, 7) is 8.80. The van der Waals surface area contributed by atoms with Crippen LogP contribution in [0.2, 0.25) is 0 Å². The lowest BCUT2D eigenvalue weighted by molar-refractivity contribution is 0.284. The van der Waals surface area contributed by atoms with Crippen molar-refractivity contribution in [2.24, 2.45) is 5.92 Å². The van der Waals surface area contributed by atoms with E-state index in [4.69, 9.17) is 0 Å². The summed E-state index contributed by atoms with van der Waals surface area (Å²) < 4.78 is 0. The van der Waals surface area contributed by atoms with E-state index in [-0.39, 0.29) is 0 Å². The van der Waals surface area contributed by atoms with Crippen LogP contribution in [0.1, 0.15) is 40.0 Å². The monoisotopic (exact) mass is 200 g/mol. The van der Waals surface area contributed by atoms with Crippen LogP contribution in [0, 0.1) is 5.92 Å². The Balaban J connectivity index is 0.000000791. The van der Waals surface area contributed by atoms with Crippen LogP contribution in [0.3, 0.4) is 0 Å². The maximum Gasteiger partial charge on any atom is 0.0220 e. The summed E-state index contributed by atoms with van der Waals surface area (Å²) >= 11 is 0. The third kappa shape index (κ3) is 4.43. The van der Waals surface area contributed by atoms with Gasteiger partial charge >= 0.3 is 0 Å². The van der Waals surface area contributed by atoms with Crippen LogP contribution in [-0.2, 0) is 0 Å². The second-order valence-corrected chi connectivity index (χ2v) is 3.97. The molecule has 0 spiro atoms. The van der Waals surface area contributed by atoms with Crippen LogP contribution in [-0.4, -0.2) is 38.1 Å². The lowest BCUT2D eigenvalue weighted by atomic mass is 9.93. The molecular formula is C12H28N2. The Morgan fingerprint density at radius 2 is 2.00 bits per heavy atom. The molecular weight excluding hydrogens is 172 g/mol. The van der Waals surface area contributed by atoms with Gasteiger partial charge in [-0.2, -0.15) is 0 Å². The van der Waals surface area contributed by atoms with Crippen molar-refractivity contribution in [1.29, 1.82) is 0 Å². The van der Waals surface area contributed by atoms with Crippen LogP contribution in [0.15, 0.2) is 0 Å². The number of likely N-dealkylation sites (N-methyl/N-ethyl adjacent to an activating group) is 2. The van der Waals surface area contributed by atoms with E-state index in [2.05, 4.69) is 31.2 Å². The van der Waals surface area contributed by atoms with Crippen molar-refractivity contribution in [2.45, 2.75) is 46.1 Å². The third-order valence-corrected chi connectivity index (χ3v) is 3.09. The first-order valence-electron chi connectivity index (χ1n) is 6.13. The quantitative estimate of drug-likeness (QED) is 0.736. The molecule has 2 nitrogen and oxygen atoms in total. The number of nitrogens with one attached hydrogen (secondary N) is 1. The van der Waals surface area contributed by atoms with Crippen LogP contribution >= 0.6 is 0 Å². The Hall–Kier alpha value is -0.0800. The van der Waals surface area contributed by atoms with E-state index in [1.54, 1.807) is 0 Å². The average Bonchev–Trinajstić information content (AvgIpc) is 2.42. The molecule has 1 N–H and O–H groups in total. The number of hydrogen-bond acceptors (Lipinski definition) is 2. The minimum absolute atomic E-state index is 0.711. The molecule has 2 unspecified atom stereocenters. The fourth-order valence-electron chi connectivity index (χ4n) is 2.22. The van der Waals surface area contributed by atoms with Gasteiger partial charge in [0.25, 0.3) is 0 Å². The third-order valence-electron chi connectivity index (χ3n) is 3.09. The summed E-state index contributed by atoms with van der Waals surface area (Å²) in [6.07, 6.45) is 4.08. The SMILES string of the molecule is CC.CCC1CCCN(C)CC1NC. The first-order valence-corrected chi connectivity index (χ1v) is 6.13. The molecule has 1 saturated heterocycles.